The minimum atomic E-state index is -4.68. The number of para-hydroxylation sites is 1. The van der Waals surface area contributed by atoms with E-state index in [0.717, 1.165) is 18.2 Å². The fourth-order valence-electron chi connectivity index (χ4n) is 2.14. The van der Waals surface area contributed by atoms with Gasteiger partial charge in [-0.25, -0.2) is 0 Å². The molecule has 0 radical (unpaired) electrons. The molecule has 22 heavy (non-hydrogen) atoms. The minimum Gasteiger partial charge on any atom is -0.320 e. The largest absolute Gasteiger partial charge is 0.434 e. The Hall–Kier alpha value is -2.02. The van der Waals surface area contributed by atoms with Crippen molar-refractivity contribution in [2.24, 2.45) is 7.05 Å². The van der Waals surface area contributed by atoms with E-state index in [1.807, 2.05) is 6.07 Å². The summed E-state index contributed by atoms with van der Waals surface area (Å²) in [5.74, 6) is -0.784. The number of aryl methyl sites for hydroxylation is 3. The molecule has 0 saturated carbocycles. The average Bonchev–Trinajstić information content (AvgIpc) is 2.69. The van der Waals surface area contributed by atoms with Crippen LogP contribution in [0.25, 0.3) is 0 Å². The fraction of sp³-hybridized carbons (Fsp3) is 0.286. The number of nitrogens with one attached hydrogen (secondary N) is 1. The van der Waals surface area contributed by atoms with E-state index in [2.05, 4.69) is 10.4 Å². The maximum absolute atomic E-state index is 12.9. The molecule has 8 heteroatoms. The van der Waals surface area contributed by atoms with Crippen LogP contribution in [-0.2, 0) is 13.2 Å². The van der Waals surface area contributed by atoms with Crippen molar-refractivity contribution in [3.05, 3.63) is 45.7 Å². The van der Waals surface area contributed by atoms with Crippen LogP contribution in [0.15, 0.2) is 18.2 Å². The monoisotopic (exact) mass is 331 g/mol. The highest BCUT2D eigenvalue weighted by molar-refractivity contribution is 6.34. The number of benzene rings is 1. The van der Waals surface area contributed by atoms with E-state index in [9.17, 15) is 18.0 Å². The molecular weight excluding hydrogens is 319 g/mol. The van der Waals surface area contributed by atoms with E-state index in [1.54, 1.807) is 26.0 Å². The highest BCUT2D eigenvalue weighted by atomic mass is 35.5. The van der Waals surface area contributed by atoms with Gasteiger partial charge in [-0.3, -0.25) is 9.48 Å². The van der Waals surface area contributed by atoms with Crippen LogP contribution in [0.5, 0.6) is 0 Å². The Balaban J connectivity index is 2.40. The summed E-state index contributed by atoms with van der Waals surface area (Å²) in [6.45, 7) is 3.56. The quantitative estimate of drug-likeness (QED) is 0.905. The molecule has 0 aliphatic carbocycles. The summed E-state index contributed by atoms with van der Waals surface area (Å²) in [7, 11) is 1.09. The molecule has 1 amide bonds. The summed E-state index contributed by atoms with van der Waals surface area (Å²) in [5, 5.41) is 5.44. The molecule has 0 spiro atoms. The van der Waals surface area contributed by atoms with Crippen LogP contribution in [0.1, 0.15) is 27.3 Å². The first-order valence-corrected chi connectivity index (χ1v) is 6.68. The van der Waals surface area contributed by atoms with E-state index < -0.39 is 28.5 Å². The summed E-state index contributed by atoms with van der Waals surface area (Å²) < 4.78 is 39.2. The predicted molar refractivity (Wildman–Crippen MR) is 77.1 cm³/mol. The maximum atomic E-state index is 12.9. The summed E-state index contributed by atoms with van der Waals surface area (Å²) >= 11 is 5.69. The second-order valence-corrected chi connectivity index (χ2v) is 5.23. The van der Waals surface area contributed by atoms with Crippen LogP contribution in [0.4, 0.5) is 18.9 Å². The summed E-state index contributed by atoms with van der Waals surface area (Å²) in [6.07, 6.45) is -4.68. The average molecular weight is 332 g/mol. The van der Waals surface area contributed by atoms with Gasteiger partial charge < -0.3 is 5.32 Å². The van der Waals surface area contributed by atoms with Gasteiger partial charge in [0.1, 0.15) is 5.02 Å². The maximum Gasteiger partial charge on any atom is 0.434 e. The van der Waals surface area contributed by atoms with Gasteiger partial charge in [0.05, 0.1) is 0 Å². The summed E-state index contributed by atoms with van der Waals surface area (Å²) in [6, 6.07) is 5.38. The van der Waals surface area contributed by atoms with Crippen molar-refractivity contribution >= 4 is 23.2 Å². The molecule has 1 aromatic heterocycles. The number of nitrogens with zero attached hydrogens (tertiary/aromatic N) is 2. The lowest BCUT2D eigenvalue weighted by atomic mass is 10.1. The number of carbonyl (C=O) groups is 1. The second-order valence-electron chi connectivity index (χ2n) is 4.85. The summed E-state index contributed by atoms with van der Waals surface area (Å²) in [5.41, 5.74) is 0.496. The van der Waals surface area contributed by atoms with Gasteiger partial charge in [-0.2, -0.15) is 18.3 Å². The number of hydrogen-bond donors (Lipinski definition) is 1. The van der Waals surface area contributed by atoms with Gasteiger partial charge in [0.15, 0.2) is 11.4 Å². The lowest BCUT2D eigenvalue weighted by Gasteiger charge is -2.10. The number of carbonyl (C=O) groups excluding carboxylic acids is 1. The lowest BCUT2D eigenvalue weighted by Crippen LogP contribution is -2.15. The molecule has 0 bridgehead atoms. The Kier molecular flexibility index (Phi) is 4.19. The van der Waals surface area contributed by atoms with Crippen LogP contribution in [-0.4, -0.2) is 15.7 Å². The zero-order valence-electron chi connectivity index (χ0n) is 12.0. The van der Waals surface area contributed by atoms with Gasteiger partial charge >= 0.3 is 6.18 Å². The molecule has 1 N–H and O–H groups in total. The first-order chi connectivity index (χ1) is 10.1. The van der Waals surface area contributed by atoms with Crippen LogP contribution >= 0.6 is 11.6 Å². The zero-order valence-corrected chi connectivity index (χ0v) is 12.8. The third-order valence-corrected chi connectivity index (χ3v) is 3.55. The molecule has 1 aromatic carbocycles. The minimum absolute atomic E-state index is 0.459. The van der Waals surface area contributed by atoms with Crippen LogP contribution in [0, 0.1) is 13.8 Å². The second kappa shape index (κ2) is 5.64. The van der Waals surface area contributed by atoms with Crippen molar-refractivity contribution < 1.29 is 18.0 Å². The fourth-order valence-corrected chi connectivity index (χ4v) is 2.49. The first-order valence-electron chi connectivity index (χ1n) is 6.30. The molecule has 4 nitrogen and oxygen atoms in total. The molecule has 2 aromatic rings. The van der Waals surface area contributed by atoms with Crippen molar-refractivity contribution in [1.82, 2.24) is 9.78 Å². The van der Waals surface area contributed by atoms with Crippen LogP contribution < -0.4 is 5.32 Å². The van der Waals surface area contributed by atoms with E-state index in [4.69, 9.17) is 11.6 Å². The Morgan fingerprint density at radius 3 is 2.27 bits per heavy atom. The summed E-state index contributed by atoms with van der Waals surface area (Å²) in [4.78, 5) is 12.2. The van der Waals surface area contributed by atoms with E-state index >= 15 is 0 Å². The first kappa shape index (κ1) is 16.4. The third-order valence-electron chi connectivity index (χ3n) is 3.19. The van der Waals surface area contributed by atoms with Gasteiger partial charge in [0, 0.05) is 12.7 Å². The van der Waals surface area contributed by atoms with Crippen LogP contribution in [0.3, 0.4) is 0 Å². The predicted octanol–water partition coefficient (Wildman–Crippen LogP) is 3.96. The normalized spacial score (nSPS) is 11.6. The van der Waals surface area contributed by atoms with Crippen LogP contribution in [0.2, 0.25) is 5.02 Å². The molecule has 1 heterocycles. The number of rotatable bonds is 2. The number of hydrogen-bond acceptors (Lipinski definition) is 2. The molecule has 0 aliphatic rings. The van der Waals surface area contributed by atoms with Gasteiger partial charge in [0.25, 0.3) is 5.91 Å². The molecule has 0 fully saturated rings. The molecule has 0 unspecified atom stereocenters. The highest BCUT2D eigenvalue weighted by Gasteiger charge is 2.40. The van der Waals surface area contributed by atoms with E-state index in [0.29, 0.717) is 10.4 Å². The topological polar surface area (TPSA) is 46.9 Å². The molecule has 0 saturated heterocycles. The van der Waals surface area contributed by atoms with Crippen molar-refractivity contribution in [3.8, 4) is 0 Å². The Morgan fingerprint density at radius 2 is 1.82 bits per heavy atom. The van der Waals surface area contributed by atoms with Gasteiger partial charge in [-0.05, 0) is 25.0 Å². The smallest absolute Gasteiger partial charge is 0.320 e. The number of anilines is 1. The van der Waals surface area contributed by atoms with Crippen molar-refractivity contribution in [3.63, 3.8) is 0 Å². The lowest BCUT2D eigenvalue weighted by molar-refractivity contribution is -0.143. The van der Waals surface area contributed by atoms with Crippen molar-refractivity contribution in [2.45, 2.75) is 20.0 Å². The van der Waals surface area contributed by atoms with Gasteiger partial charge in [0.2, 0.25) is 0 Å². The Labute approximate surface area is 129 Å². The highest BCUT2D eigenvalue weighted by Crippen LogP contribution is 2.36. The Bertz CT molecular complexity index is 717. The number of aromatic nitrogens is 2. The standard InChI is InChI=1S/C14H13ClF3N3O/c1-7-5-4-6-8(2)10(7)19-13(22)11-9(15)12(14(16,17)18)21(3)20-11/h4-6H,1-3H3,(H,19,22). The van der Waals surface area contributed by atoms with Gasteiger partial charge in [-0.15, -0.1) is 0 Å². The van der Waals surface area contributed by atoms with Crippen molar-refractivity contribution in [2.75, 3.05) is 5.32 Å². The third kappa shape index (κ3) is 2.94. The number of halogens is 4. The number of amides is 1. The number of alkyl halides is 3. The molecule has 2 rings (SSSR count). The van der Waals surface area contributed by atoms with E-state index in [1.165, 1.54) is 0 Å². The van der Waals surface area contributed by atoms with E-state index in [-0.39, 0.29) is 0 Å². The molecule has 118 valence electrons. The zero-order chi connectivity index (χ0) is 16.7. The SMILES string of the molecule is Cc1cccc(C)c1NC(=O)c1nn(C)c(C(F)(F)F)c1Cl. The van der Waals surface area contributed by atoms with Crippen molar-refractivity contribution in [1.29, 1.82) is 0 Å². The molecular formula is C14H13ClF3N3O. The Morgan fingerprint density at radius 1 is 1.27 bits per heavy atom. The molecule has 0 aliphatic heterocycles. The van der Waals surface area contributed by atoms with Gasteiger partial charge in [-0.1, -0.05) is 29.8 Å². The molecule has 0 atom stereocenters.